The highest BCUT2D eigenvalue weighted by atomic mass is 19.4. The SMILES string of the molecule is Nc1cc(C(=O)O)nc(OC(F)(F)F)c1C(F)(F)F. The number of carboxylic acids is 1. The number of aromatic nitrogens is 1. The molecule has 1 rings (SSSR count). The maximum absolute atomic E-state index is 12.5. The smallest absolute Gasteiger partial charge is 0.477 e. The van der Waals surface area contributed by atoms with Crippen LogP contribution >= 0.6 is 0 Å². The average molecular weight is 290 g/mol. The minimum absolute atomic E-state index is 0.286. The summed E-state index contributed by atoms with van der Waals surface area (Å²) in [6.07, 6.45) is -10.8. The summed E-state index contributed by atoms with van der Waals surface area (Å²) in [4.78, 5) is 13.1. The van der Waals surface area contributed by atoms with Crippen molar-refractivity contribution in [2.24, 2.45) is 0 Å². The van der Waals surface area contributed by atoms with Crippen LogP contribution in [0, 0.1) is 0 Å². The Bertz CT molecular complexity index is 510. The van der Waals surface area contributed by atoms with Gasteiger partial charge in [-0.2, -0.15) is 13.2 Å². The zero-order chi connectivity index (χ0) is 15.0. The van der Waals surface area contributed by atoms with Gasteiger partial charge in [0.2, 0.25) is 5.88 Å². The van der Waals surface area contributed by atoms with Crippen LogP contribution in [-0.2, 0) is 6.18 Å². The molecule has 1 aromatic heterocycles. The molecule has 0 amide bonds. The number of nitrogens with two attached hydrogens (primary N) is 1. The van der Waals surface area contributed by atoms with E-state index in [0.29, 0.717) is 0 Å². The molecule has 0 bridgehead atoms. The lowest BCUT2D eigenvalue weighted by Crippen LogP contribution is -2.23. The van der Waals surface area contributed by atoms with Crippen LogP contribution in [0.5, 0.6) is 5.88 Å². The van der Waals surface area contributed by atoms with Gasteiger partial charge in [-0.15, -0.1) is 13.2 Å². The molecule has 0 aliphatic carbocycles. The molecule has 0 aliphatic heterocycles. The molecule has 11 heteroatoms. The van der Waals surface area contributed by atoms with E-state index in [4.69, 9.17) is 10.8 Å². The number of carbonyl (C=O) groups is 1. The Kier molecular flexibility index (Phi) is 3.50. The number of halogens is 6. The van der Waals surface area contributed by atoms with Crippen molar-refractivity contribution in [1.29, 1.82) is 0 Å². The third kappa shape index (κ3) is 3.63. The minimum atomic E-state index is -5.48. The van der Waals surface area contributed by atoms with Crippen molar-refractivity contribution < 1.29 is 41.0 Å². The summed E-state index contributed by atoms with van der Waals surface area (Å²) in [5, 5.41) is 8.49. The third-order valence-electron chi connectivity index (χ3n) is 1.73. The first-order chi connectivity index (χ1) is 8.42. The Hall–Kier alpha value is -2.20. The Labute approximate surface area is 100 Å². The molecule has 0 spiro atoms. The van der Waals surface area contributed by atoms with Crippen molar-refractivity contribution in [2.75, 3.05) is 5.73 Å². The summed E-state index contributed by atoms with van der Waals surface area (Å²) in [6.45, 7) is 0. The predicted octanol–water partition coefficient (Wildman–Crippen LogP) is 2.28. The molecule has 19 heavy (non-hydrogen) atoms. The van der Waals surface area contributed by atoms with E-state index in [2.05, 4.69) is 9.72 Å². The first-order valence-electron chi connectivity index (χ1n) is 4.28. The molecular weight excluding hydrogens is 286 g/mol. The number of nitrogen functional groups attached to an aromatic ring is 1. The molecule has 3 N–H and O–H groups in total. The van der Waals surface area contributed by atoms with Crippen LogP contribution in [0.4, 0.5) is 32.0 Å². The molecule has 0 saturated heterocycles. The van der Waals surface area contributed by atoms with Crippen LogP contribution in [0.1, 0.15) is 16.1 Å². The van der Waals surface area contributed by atoms with E-state index in [1.165, 1.54) is 0 Å². The Morgan fingerprint density at radius 2 is 1.79 bits per heavy atom. The van der Waals surface area contributed by atoms with Crippen molar-refractivity contribution in [1.82, 2.24) is 4.98 Å². The van der Waals surface area contributed by atoms with Gasteiger partial charge in [-0.25, -0.2) is 9.78 Å². The second-order valence-corrected chi connectivity index (χ2v) is 3.13. The summed E-state index contributed by atoms with van der Waals surface area (Å²) in [5.74, 6) is -3.81. The molecule has 0 radical (unpaired) electrons. The minimum Gasteiger partial charge on any atom is -0.477 e. The highest BCUT2D eigenvalue weighted by Gasteiger charge is 2.42. The Morgan fingerprint density at radius 3 is 2.16 bits per heavy atom. The molecular formula is C8H4F6N2O3. The van der Waals surface area contributed by atoms with Gasteiger partial charge in [0.15, 0.2) is 5.69 Å². The second kappa shape index (κ2) is 4.48. The van der Waals surface area contributed by atoms with Crippen molar-refractivity contribution in [3.63, 3.8) is 0 Å². The van der Waals surface area contributed by atoms with E-state index >= 15 is 0 Å². The lowest BCUT2D eigenvalue weighted by molar-refractivity contribution is -0.277. The molecule has 0 saturated carbocycles. The fourth-order valence-corrected chi connectivity index (χ4v) is 1.12. The number of ether oxygens (including phenoxy) is 1. The van der Waals surface area contributed by atoms with Gasteiger partial charge in [0.05, 0.1) is 5.69 Å². The van der Waals surface area contributed by atoms with Crippen LogP contribution in [0.2, 0.25) is 0 Å². The first-order valence-corrected chi connectivity index (χ1v) is 4.28. The van der Waals surface area contributed by atoms with Gasteiger partial charge in [-0.05, 0) is 6.07 Å². The van der Waals surface area contributed by atoms with E-state index in [-0.39, 0.29) is 6.07 Å². The van der Waals surface area contributed by atoms with E-state index < -0.39 is 41.3 Å². The first kappa shape index (κ1) is 14.9. The Balaban J connectivity index is 3.49. The number of aromatic carboxylic acids is 1. The summed E-state index contributed by atoms with van der Waals surface area (Å²) in [6, 6.07) is 0.286. The molecule has 1 aromatic rings. The lowest BCUT2D eigenvalue weighted by atomic mass is 10.2. The maximum atomic E-state index is 12.5. The molecule has 106 valence electrons. The number of nitrogens with zero attached hydrogens (tertiary/aromatic N) is 1. The van der Waals surface area contributed by atoms with Crippen LogP contribution < -0.4 is 10.5 Å². The standard InChI is InChI=1S/C8H4F6N2O3/c9-7(10,11)4-2(15)1-3(6(17)18)16-5(4)19-8(12,13)14/h1H,(H2,15,16)(H,17,18). The normalized spacial score (nSPS) is 12.3. The number of carboxylic acid groups (broad SMARTS) is 1. The molecule has 5 nitrogen and oxygen atoms in total. The van der Waals surface area contributed by atoms with E-state index in [9.17, 15) is 31.1 Å². The summed E-state index contributed by atoms with van der Waals surface area (Å²) in [7, 11) is 0. The van der Waals surface area contributed by atoms with Crippen LogP contribution in [0.25, 0.3) is 0 Å². The fraction of sp³-hybridized carbons (Fsp3) is 0.250. The molecule has 0 aliphatic rings. The monoisotopic (exact) mass is 290 g/mol. The predicted molar refractivity (Wildman–Crippen MR) is 47.3 cm³/mol. The largest absolute Gasteiger partial charge is 0.574 e. The Morgan fingerprint density at radius 1 is 1.26 bits per heavy atom. The molecule has 0 atom stereocenters. The van der Waals surface area contributed by atoms with E-state index in [0.717, 1.165) is 0 Å². The summed E-state index contributed by atoms with van der Waals surface area (Å²) >= 11 is 0. The van der Waals surface area contributed by atoms with E-state index in [1.807, 2.05) is 0 Å². The molecule has 0 fully saturated rings. The summed E-state index contributed by atoms with van der Waals surface area (Å²) in [5.41, 5.74) is 0.560. The number of hydrogen-bond donors (Lipinski definition) is 2. The van der Waals surface area contributed by atoms with Crippen molar-refractivity contribution in [3.05, 3.63) is 17.3 Å². The van der Waals surface area contributed by atoms with Gasteiger partial charge in [0.25, 0.3) is 0 Å². The van der Waals surface area contributed by atoms with Gasteiger partial charge in [0.1, 0.15) is 5.56 Å². The zero-order valence-electron chi connectivity index (χ0n) is 8.63. The van der Waals surface area contributed by atoms with Gasteiger partial charge in [-0.3, -0.25) is 0 Å². The van der Waals surface area contributed by atoms with Crippen LogP contribution in [0.15, 0.2) is 6.07 Å². The zero-order valence-corrected chi connectivity index (χ0v) is 8.63. The third-order valence-corrected chi connectivity index (χ3v) is 1.73. The fourth-order valence-electron chi connectivity index (χ4n) is 1.12. The topological polar surface area (TPSA) is 85.4 Å². The number of alkyl halides is 6. The highest BCUT2D eigenvalue weighted by molar-refractivity contribution is 5.87. The van der Waals surface area contributed by atoms with Crippen LogP contribution in [0.3, 0.4) is 0 Å². The number of anilines is 1. The van der Waals surface area contributed by atoms with Crippen LogP contribution in [-0.4, -0.2) is 22.4 Å². The lowest BCUT2D eigenvalue weighted by Gasteiger charge is -2.16. The molecule has 1 heterocycles. The van der Waals surface area contributed by atoms with Crippen molar-refractivity contribution in [3.8, 4) is 5.88 Å². The highest BCUT2D eigenvalue weighted by Crippen LogP contribution is 2.41. The molecule has 0 aromatic carbocycles. The maximum Gasteiger partial charge on any atom is 0.574 e. The average Bonchev–Trinajstić information content (AvgIpc) is 2.10. The number of hydrogen-bond acceptors (Lipinski definition) is 4. The van der Waals surface area contributed by atoms with Gasteiger partial charge in [-0.1, -0.05) is 0 Å². The molecule has 0 unspecified atom stereocenters. The van der Waals surface area contributed by atoms with Crippen molar-refractivity contribution >= 4 is 11.7 Å². The number of rotatable bonds is 2. The quantitative estimate of drug-likeness (QED) is 0.816. The van der Waals surface area contributed by atoms with Gasteiger partial charge in [0, 0.05) is 0 Å². The second-order valence-electron chi connectivity index (χ2n) is 3.13. The van der Waals surface area contributed by atoms with Gasteiger partial charge >= 0.3 is 18.5 Å². The van der Waals surface area contributed by atoms with E-state index in [1.54, 1.807) is 0 Å². The number of pyridine rings is 1. The summed E-state index contributed by atoms with van der Waals surface area (Å²) < 4.78 is 76.4. The van der Waals surface area contributed by atoms with Gasteiger partial charge < -0.3 is 15.6 Å². The van der Waals surface area contributed by atoms with Crippen molar-refractivity contribution in [2.45, 2.75) is 12.5 Å².